The van der Waals surface area contributed by atoms with Crippen LogP contribution in [0.15, 0.2) is 42.5 Å². The molecular weight excluding hydrogens is 281 g/mol. The lowest BCUT2D eigenvalue weighted by Crippen LogP contribution is -2.10. The van der Waals surface area contributed by atoms with Crippen LogP contribution < -0.4 is 10.1 Å². The van der Waals surface area contributed by atoms with Gasteiger partial charge in [0.2, 0.25) is 5.91 Å². The van der Waals surface area contributed by atoms with Gasteiger partial charge in [0, 0.05) is 18.7 Å². The lowest BCUT2D eigenvalue weighted by atomic mass is 9.87. The van der Waals surface area contributed by atoms with Crippen molar-refractivity contribution in [2.24, 2.45) is 0 Å². The fourth-order valence-electron chi connectivity index (χ4n) is 2.02. The van der Waals surface area contributed by atoms with Gasteiger partial charge in [-0.05, 0) is 35.2 Å². The summed E-state index contributed by atoms with van der Waals surface area (Å²) in [6.07, 6.45) is 0. The minimum Gasteiger partial charge on any atom is -0.454 e. The van der Waals surface area contributed by atoms with E-state index in [9.17, 15) is 9.18 Å². The van der Waals surface area contributed by atoms with Gasteiger partial charge in [-0.2, -0.15) is 0 Å². The first-order valence-electron chi connectivity index (χ1n) is 7.11. The fourth-order valence-corrected chi connectivity index (χ4v) is 2.02. The Kier molecular flexibility index (Phi) is 4.50. The third kappa shape index (κ3) is 4.07. The molecule has 2 aromatic carbocycles. The van der Waals surface area contributed by atoms with Gasteiger partial charge in [0.15, 0.2) is 11.6 Å². The van der Waals surface area contributed by atoms with E-state index >= 15 is 0 Å². The molecule has 2 aromatic rings. The molecule has 1 amide bonds. The number of benzene rings is 2. The highest BCUT2D eigenvalue weighted by Crippen LogP contribution is 2.30. The van der Waals surface area contributed by atoms with E-state index < -0.39 is 5.82 Å². The molecule has 0 heterocycles. The second-order valence-electron chi connectivity index (χ2n) is 6.21. The standard InChI is InChI=1S/C18H20FNO2/c1-12(21)20-14-8-9-17(16(19)11-14)22-15-7-5-6-13(10-15)18(2,3)4/h5-11H,1-4H3,(H,20,21). The van der Waals surface area contributed by atoms with E-state index in [1.165, 1.54) is 19.1 Å². The van der Waals surface area contributed by atoms with Crippen molar-refractivity contribution in [2.75, 3.05) is 5.32 Å². The number of hydrogen-bond donors (Lipinski definition) is 1. The molecule has 1 N–H and O–H groups in total. The zero-order chi connectivity index (χ0) is 16.3. The lowest BCUT2D eigenvalue weighted by Gasteiger charge is -2.19. The first-order chi connectivity index (χ1) is 10.3. The second-order valence-corrected chi connectivity index (χ2v) is 6.21. The number of nitrogens with one attached hydrogen (secondary N) is 1. The van der Waals surface area contributed by atoms with Crippen LogP contribution in [-0.4, -0.2) is 5.91 Å². The van der Waals surface area contributed by atoms with E-state index in [2.05, 4.69) is 26.1 Å². The minimum absolute atomic E-state index is 0.00677. The maximum atomic E-state index is 14.0. The van der Waals surface area contributed by atoms with Crippen LogP contribution in [0.3, 0.4) is 0 Å². The molecule has 0 aliphatic heterocycles. The zero-order valence-corrected chi connectivity index (χ0v) is 13.2. The Bertz CT molecular complexity index is 690. The molecule has 0 spiro atoms. The van der Waals surface area contributed by atoms with E-state index in [-0.39, 0.29) is 17.1 Å². The van der Waals surface area contributed by atoms with Crippen molar-refractivity contribution in [2.45, 2.75) is 33.1 Å². The van der Waals surface area contributed by atoms with Crippen molar-refractivity contribution >= 4 is 11.6 Å². The summed E-state index contributed by atoms with van der Waals surface area (Å²) >= 11 is 0. The molecule has 0 saturated carbocycles. The van der Waals surface area contributed by atoms with Crippen LogP contribution in [0.2, 0.25) is 0 Å². The molecule has 116 valence electrons. The molecule has 0 aliphatic rings. The summed E-state index contributed by atoms with van der Waals surface area (Å²) in [5.74, 6) is -0.0582. The molecule has 3 nitrogen and oxygen atoms in total. The average molecular weight is 301 g/mol. The van der Waals surface area contributed by atoms with Gasteiger partial charge in [-0.1, -0.05) is 32.9 Å². The number of hydrogen-bond acceptors (Lipinski definition) is 2. The maximum absolute atomic E-state index is 14.0. The molecule has 0 unspecified atom stereocenters. The Morgan fingerprint density at radius 3 is 2.45 bits per heavy atom. The predicted octanol–water partition coefficient (Wildman–Crippen LogP) is 4.87. The summed E-state index contributed by atoms with van der Waals surface area (Å²) in [5, 5.41) is 2.53. The van der Waals surface area contributed by atoms with E-state index in [1.807, 2.05) is 18.2 Å². The molecule has 0 atom stereocenters. The Labute approximate surface area is 130 Å². The number of halogens is 1. The highest BCUT2D eigenvalue weighted by Gasteiger charge is 2.14. The van der Waals surface area contributed by atoms with E-state index in [4.69, 9.17) is 4.74 Å². The van der Waals surface area contributed by atoms with Gasteiger partial charge in [0.05, 0.1) is 0 Å². The van der Waals surface area contributed by atoms with Gasteiger partial charge in [-0.25, -0.2) is 4.39 Å². The van der Waals surface area contributed by atoms with Gasteiger partial charge in [-0.15, -0.1) is 0 Å². The van der Waals surface area contributed by atoms with E-state index in [0.717, 1.165) is 5.56 Å². The van der Waals surface area contributed by atoms with Gasteiger partial charge in [0.25, 0.3) is 0 Å². The minimum atomic E-state index is -0.521. The van der Waals surface area contributed by atoms with E-state index in [0.29, 0.717) is 11.4 Å². The van der Waals surface area contributed by atoms with Crippen molar-refractivity contribution < 1.29 is 13.9 Å². The monoisotopic (exact) mass is 301 g/mol. The van der Waals surface area contributed by atoms with Gasteiger partial charge in [0.1, 0.15) is 5.75 Å². The Morgan fingerprint density at radius 1 is 1.14 bits per heavy atom. The average Bonchev–Trinajstić information content (AvgIpc) is 2.41. The van der Waals surface area contributed by atoms with Crippen LogP contribution in [0.4, 0.5) is 10.1 Å². The number of carbonyl (C=O) groups is 1. The Morgan fingerprint density at radius 2 is 1.86 bits per heavy atom. The van der Waals surface area contributed by atoms with Crippen LogP contribution in [0.1, 0.15) is 33.3 Å². The quantitative estimate of drug-likeness (QED) is 0.878. The molecule has 0 fully saturated rings. The second kappa shape index (κ2) is 6.18. The van der Waals surface area contributed by atoms with Gasteiger partial charge >= 0.3 is 0 Å². The van der Waals surface area contributed by atoms with Crippen molar-refractivity contribution in [1.29, 1.82) is 0 Å². The normalized spacial score (nSPS) is 11.1. The zero-order valence-electron chi connectivity index (χ0n) is 13.2. The Balaban J connectivity index is 2.22. The summed E-state index contributed by atoms with van der Waals surface area (Å²) in [6, 6.07) is 11.9. The van der Waals surface area contributed by atoms with Crippen LogP contribution in [0.25, 0.3) is 0 Å². The van der Waals surface area contributed by atoms with Crippen molar-refractivity contribution in [1.82, 2.24) is 0 Å². The first kappa shape index (κ1) is 16.0. The SMILES string of the molecule is CC(=O)Nc1ccc(Oc2cccc(C(C)(C)C)c2)c(F)c1. The molecule has 2 rings (SSSR count). The predicted molar refractivity (Wildman–Crippen MR) is 85.9 cm³/mol. The number of ether oxygens (including phenoxy) is 1. The van der Waals surface area contributed by atoms with Gasteiger partial charge in [-0.3, -0.25) is 4.79 Å². The summed E-state index contributed by atoms with van der Waals surface area (Å²) in [4.78, 5) is 11.0. The third-order valence-electron chi connectivity index (χ3n) is 3.18. The smallest absolute Gasteiger partial charge is 0.221 e. The van der Waals surface area contributed by atoms with Crippen molar-refractivity contribution in [3.8, 4) is 11.5 Å². The van der Waals surface area contributed by atoms with Crippen molar-refractivity contribution in [3.63, 3.8) is 0 Å². The van der Waals surface area contributed by atoms with Crippen LogP contribution in [-0.2, 0) is 10.2 Å². The lowest BCUT2D eigenvalue weighted by molar-refractivity contribution is -0.114. The van der Waals surface area contributed by atoms with E-state index in [1.54, 1.807) is 12.1 Å². The molecule has 22 heavy (non-hydrogen) atoms. The fraction of sp³-hybridized carbons (Fsp3) is 0.278. The molecule has 0 bridgehead atoms. The molecule has 0 radical (unpaired) electrons. The topological polar surface area (TPSA) is 38.3 Å². The highest BCUT2D eigenvalue weighted by atomic mass is 19.1. The molecule has 0 aliphatic carbocycles. The van der Waals surface area contributed by atoms with Gasteiger partial charge < -0.3 is 10.1 Å². The summed E-state index contributed by atoms with van der Waals surface area (Å²) in [6.45, 7) is 7.69. The highest BCUT2D eigenvalue weighted by molar-refractivity contribution is 5.88. The number of anilines is 1. The number of amides is 1. The first-order valence-corrected chi connectivity index (χ1v) is 7.11. The Hall–Kier alpha value is -2.36. The molecule has 4 heteroatoms. The number of rotatable bonds is 3. The molecular formula is C18H20FNO2. The summed E-state index contributed by atoms with van der Waals surface area (Å²) < 4.78 is 19.7. The molecule has 0 aromatic heterocycles. The van der Waals surface area contributed by atoms with Crippen LogP contribution in [0.5, 0.6) is 11.5 Å². The maximum Gasteiger partial charge on any atom is 0.221 e. The largest absolute Gasteiger partial charge is 0.454 e. The van der Waals surface area contributed by atoms with Crippen LogP contribution in [0, 0.1) is 5.82 Å². The van der Waals surface area contributed by atoms with Crippen molar-refractivity contribution in [3.05, 3.63) is 53.8 Å². The summed E-state index contributed by atoms with van der Waals surface area (Å²) in [7, 11) is 0. The number of carbonyl (C=O) groups excluding carboxylic acids is 1. The van der Waals surface area contributed by atoms with Crippen LogP contribution >= 0.6 is 0 Å². The molecule has 0 saturated heterocycles. The third-order valence-corrected chi connectivity index (χ3v) is 3.18. The summed E-state index contributed by atoms with van der Waals surface area (Å²) in [5.41, 5.74) is 1.51.